The van der Waals surface area contributed by atoms with Crippen LogP contribution in [0.5, 0.6) is 0 Å². The van der Waals surface area contributed by atoms with Crippen molar-refractivity contribution < 1.29 is 39.1 Å². The number of unbranched alkanes of at least 4 members (excludes halogenated alkanes) is 2. The molecule has 1 fully saturated rings. The van der Waals surface area contributed by atoms with Gasteiger partial charge in [-0.05, 0) is 47.0 Å². The number of aliphatic hydroxyl groups excluding tert-OH is 3. The topological polar surface area (TPSA) is 147 Å². The molecule has 188 valence electrons. The van der Waals surface area contributed by atoms with E-state index in [0.717, 1.165) is 6.42 Å². The third kappa shape index (κ3) is 9.68. The molecule has 10 nitrogen and oxygen atoms in total. The quantitative estimate of drug-likeness (QED) is 0.244. The highest BCUT2D eigenvalue weighted by atomic mass is 16.7. The monoisotopic (exact) mass is 462 g/mol. The fraction of sp³-hybridized carbons (Fsp3) is 0.909. The Morgan fingerprint density at radius 1 is 1.06 bits per heavy atom. The van der Waals surface area contributed by atoms with Crippen LogP contribution in [0.4, 0.5) is 0 Å². The third-order valence-electron chi connectivity index (χ3n) is 5.48. The second-order valence-corrected chi connectivity index (χ2v) is 9.69. The molecular formula is C22H42N2O8. The lowest BCUT2D eigenvalue weighted by Gasteiger charge is -2.42. The lowest BCUT2D eigenvalue weighted by Crippen LogP contribution is -2.64. The molecule has 1 aliphatic rings. The highest BCUT2D eigenvalue weighted by Gasteiger charge is 2.45. The van der Waals surface area contributed by atoms with Crippen LogP contribution < -0.4 is 10.6 Å². The Morgan fingerprint density at radius 3 is 2.28 bits per heavy atom. The first-order chi connectivity index (χ1) is 14.8. The van der Waals surface area contributed by atoms with Crippen molar-refractivity contribution >= 4 is 11.8 Å². The van der Waals surface area contributed by atoms with Crippen molar-refractivity contribution in [2.24, 2.45) is 0 Å². The summed E-state index contributed by atoms with van der Waals surface area (Å²) in [6, 6.07) is -0.949. The molecule has 10 heteroatoms. The molecule has 0 aromatic carbocycles. The summed E-state index contributed by atoms with van der Waals surface area (Å²) in [5.74, 6) is -0.421. The van der Waals surface area contributed by atoms with Gasteiger partial charge in [0.15, 0.2) is 6.29 Å². The lowest BCUT2D eigenvalue weighted by atomic mass is 9.89. The summed E-state index contributed by atoms with van der Waals surface area (Å²) in [4.78, 5) is 23.7. The van der Waals surface area contributed by atoms with Gasteiger partial charge >= 0.3 is 0 Å². The maximum absolute atomic E-state index is 12.3. The van der Waals surface area contributed by atoms with E-state index in [1.807, 2.05) is 27.7 Å². The summed E-state index contributed by atoms with van der Waals surface area (Å²) in [6.07, 6.45) is -1.53. The minimum absolute atomic E-state index is 0.0212. The number of hydrogen-bond acceptors (Lipinski definition) is 8. The highest BCUT2D eigenvalue weighted by molar-refractivity contribution is 5.76. The van der Waals surface area contributed by atoms with Crippen molar-refractivity contribution in [2.45, 2.75) is 109 Å². The number of rotatable bonds is 13. The summed E-state index contributed by atoms with van der Waals surface area (Å²) in [5, 5.41) is 35.2. The van der Waals surface area contributed by atoms with Crippen LogP contribution in [0.2, 0.25) is 0 Å². The molecule has 2 unspecified atom stereocenters. The normalized spacial score (nSPS) is 26.6. The minimum Gasteiger partial charge on any atom is -0.394 e. The van der Waals surface area contributed by atoms with Crippen LogP contribution in [0.15, 0.2) is 0 Å². The van der Waals surface area contributed by atoms with Crippen molar-refractivity contribution in [3.05, 3.63) is 0 Å². The third-order valence-corrected chi connectivity index (χ3v) is 5.48. The molecule has 0 aromatic rings. The Kier molecular flexibility index (Phi) is 11.5. The van der Waals surface area contributed by atoms with Crippen LogP contribution in [0.3, 0.4) is 0 Å². The van der Waals surface area contributed by atoms with E-state index in [1.165, 1.54) is 6.92 Å². The minimum atomic E-state index is -1.34. The van der Waals surface area contributed by atoms with Gasteiger partial charge in [0.25, 0.3) is 0 Å². The predicted octanol–water partition coefficient (Wildman–Crippen LogP) is 0.217. The predicted molar refractivity (Wildman–Crippen MR) is 118 cm³/mol. The van der Waals surface area contributed by atoms with E-state index in [1.54, 1.807) is 7.11 Å². The smallest absolute Gasteiger partial charge is 0.220 e. The molecule has 2 amide bonds. The van der Waals surface area contributed by atoms with Crippen LogP contribution in [-0.2, 0) is 23.8 Å². The van der Waals surface area contributed by atoms with E-state index in [4.69, 9.17) is 14.2 Å². The van der Waals surface area contributed by atoms with Crippen LogP contribution in [0.1, 0.15) is 66.7 Å². The number of methoxy groups -OCH3 is 1. The molecule has 0 bridgehead atoms. The maximum atomic E-state index is 12.3. The van der Waals surface area contributed by atoms with E-state index in [-0.39, 0.29) is 23.7 Å². The van der Waals surface area contributed by atoms with E-state index in [2.05, 4.69) is 10.6 Å². The number of carbonyl (C=O) groups is 2. The molecule has 32 heavy (non-hydrogen) atoms. The van der Waals surface area contributed by atoms with Gasteiger partial charge in [-0.1, -0.05) is 6.42 Å². The lowest BCUT2D eigenvalue weighted by molar-refractivity contribution is -0.270. The maximum Gasteiger partial charge on any atom is 0.220 e. The molecule has 1 saturated heterocycles. The Bertz CT molecular complexity index is 598. The summed E-state index contributed by atoms with van der Waals surface area (Å²) < 4.78 is 16.6. The molecule has 0 aliphatic carbocycles. The first-order valence-corrected chi connectivity index (χ1v) is 11.2. The van der Waals surface area contributed by atoms with Gasteiger partial charge in [0.1, 0.15) is 24.4 Å². The first kappa shape index (κ1) is 28.7. The number of nitrogens with one attached hydrogen (secondary N) is 2. The molecule has 1 aliphatic heterocycles. The molecular weight excluding hydrogens is 420 g/mol. The number of carbonyl (C=O) groups excluding carboxylic acids is 2. The van der Waals surface area contributed by atoms with E-state index in [9.17, 15) is 24.9 Å². The second-order valence-electron chi connectivity index (χ2n) is 9.69. The van der Waals surface area contributed by atoms with Crippen molar-refractivity contribution in [2.75, 3.05) is 20.3 Å². The fourth-order valence-corrected chi connectivity index (χ4v) is 4.00. The van der Waals surface area contributed by atoms with Gasteiger partial charge in [0.05, 0.1) is 12.2 Å². The van der Waals surface area contributed by atoms with Gasteiger partial charge in [0, 0.05) is 32.6 Å². The van der Waals surface area contributed by atoms with Crippen molar-refractivity contribution in [3.63, 3.8) is 0 Å². The van der Waals surface area contributed by atoms with Gasteiger partial charge in [-0.15, -0.1) is 0 Å². The SMILES string of the molecule is COC(C)(C)CC(C)(C)NC(=O)CCCCCO[C@@H]1OC(CO)[C@H](O)C(O)[C@@H]1NC(C)=O. The van der Waals surface area contributed by atoms with Gasteiger partial charge in [-0.2, -0.15) is 0 Å². The summed E-state index contributed by atoms with van der Waals surface area (Å²) in [7, 11) is 1.66. The Hall–Kier alpha value is -1.30. The van der Waals surface area contributed by atoms with Crippen LogP contribution in [-0.4, -0.2) is 89.2 Å². The largest absolute Gasteiger partial charge is 0.394 e. The Morgan fingerprint density at radius 2 is 1.72 bits per heavy atom. The van der Waals surface area contributed by atoms with Crippen molar-refractivity contribution in [1.82, 2.24) is 10.6 Å². The van der Waals surface area contributed by atoms with Crippen LogP contribution in [0.25, 0.3) is 0 Å². The molecule has 1 rings (SSSR count). The first-order valence-electron chi connectivity index (χ1n) is 11.2. The Labute approximate surface area is 191 Å². The van der Waals surface area contributed by atoms with Crippen LogP contribution >= 0.6 is 0 Å². The molecule has 0 radical (unpaired) electrons. The molecule has 1 heterocycles. The van der Waals surface area contributed by atoms with Crippen LogP contribution in [0, 0.1) is 0 Å². The fourth-order valence-electron chi connectivity index (χ4n) is 4.00. The molecule has 5 atom stereocenters. The highest BCUT2D eigenvalue weighted by Crippen LogP contribution is 2.24. The molecule has 0 spiro atoms. The van der Waals surface area contributed by atoms with E-state index >= 15 is 0 Å². The van der Waals surface area contributed by atoms with Crippen molar-refractivity contribution in [3.8, 4) is 0 Å². The summed E-state index contributed by atoms with van der Waals surface area (Å²) >= 11 is 0. The zero-order chi connectivity index (χ0) is 24.5. The average Bonchev–Trinajstić information content (AvgIpc) is 2.68. The van der Waals surface area contributed by atoms with E-state index in [0.29, 0.717) is 25.7 Å². The second kappa shape index (κ2) is 12.8. The summed E-state index contributed by atoms with van der Waals surface area (Å²) in [5.41, 5.74) is -0.714. The number of aliphatic hydroxyl groups is 3. The molecule has 5 N–H and O–H groups in total. The number of hydrogen-bond donors (Lipinski definition) is 5. The standard InChI is InChI=1S/C22H42N2O8/c1-14(26)23-17-19(29)18(28)15(12-25)32-20(17)31-11-9-7-8-10-16(27)24-21(2,3)13-22(4,5)30-6/h15,17-20,25,28-29H,7-13H2,1-6H3,(H,23,26)(H,24,27)/t15?,17-,18-,19?,20+/m0/s1. The Balaban J connectivity index is 2.39. The zero-order valence-electron chi connectivity index (χ0n) is 20.2. The van der Waals surface area contributed by atoms with Gasteiger partial charge in [-0.25, -0.2) is 0 Å². The van der Waals surface area contributed by atoms with Gasteiger partial charge in [-0.3, -0.25) is 9.59 Å². The zero-order valence-corrected chi connectivity index (χ0v) is 20.2. The molecule has 0 saturated carbocycles. The number of amides is 2. The van der Waals surface area contributed by atoms with Crippen molar-refractivity contribution in [1.29, 1.82) is 0 Å². The number of ether oxygens (including phenoxy) is 3. The molecule has 0 aromatic heterocycles. The summed E-state index contributed by atoms with van der Waals surface area (Å²) in [6.45, 7) is 8.98. The van der Waals surface area contributed by atoms with Gasteiger partial charge in [0.2, 0.25) is 11.8 Å². The average molecular weight is 463 g/mol. The van der Waals surface area contributed by atoms with Gasteiger partial charge < -0.3 is 40.2 Å². The van der Waals surface area contributed by atoms with E-state index < -0.39 is 43.2 Å².